The monoisotopic (exact) mass is 513 g/mol. The van der Waals surface area contributed by atoms with E-state index in [2.05, 4.69) is 21.9 Å². The lowest BCUT2D eigenvalue weighted by atomic mass is 10.1. The van der Waals surface area contributed by atoms with Gasteiger partial charge in [-0.25, -0.2) is 18.6 Å². The summed E-state index contributed by atoms with van der Waals surface area (Å²) in [6, 6.07) is 26.4. The molecule has 4 rings (SSSR count). The number of amides is 2. The van der Waals surface area contributed by atoms with Gasteiger partial charge in [0.25, 0.3) is 11.8 Å². The Hall–Kier alpha value is -4.49. The predicted octanol–water partition coefficient (Wildman–Crippen LogP) is 2.82. The second kappa shape index (κ2) is 11.5. The van der Waals surface area contributed by atoms with E-state index in [0.717, 1.165) is 16.3 Å². The second-order valence-electron chi connectivity index (χ2n) is 8.06. The van der Waals surface area contributed by atoms with Gasteiger partial charge in [-0.1, -0.05) is 60.4 Å². The molecule has 8 nitrogen and oxygen atoms in total. The Bertz CT molecular complexity index is 1590. The van der Waals surface area contributed by atoms with Gasteiger partial charge in [-0.15, -0.1) is 0 Å². The minimum absolute atomic E-state index is 0.00730. The van der Waals surface area contributed by atoms with E-state index in [1.165, 1.54) is 29.7 Å². The first-order valence-corrected chi connectivity index (χ1v) is 12.7. The number of fused-ring (bicyclic) bond motifs is 1. The molecule has 0 bridgehead atoms. The molecule has 4 aromatic carbocycles. The van der Waals surface area contributed by atoms with E-state index < -0.39 is 34.4 Å². The molecule has 0 radical (unpaired) electrons. The van der Waals surface area contributed by atoms with Crippen LogP contribution in [0.1, 0.15) is 21.5 Å². The Morgan fingerprint density at radius 3 is 2.08 bits per heavy atom. The van der Waals surface area contributed by atoms with Gasteiger partial charge in [-0.3, -0.25) is 14.8 Å². The number of sulfonamides is 1. The van der Waals surface area contributed by atoms with Crippen LogP contribution >= 0.6 is 0 Å². The number of hydroxylamine groups is 1. The molecular weight excluding hydrogens is 490 g/mol. The summed E-state index contributed by atoms with van der Waals surface area (Å²) in [6.45, 7) is -0.478. The first-order valence-electron chi connectivity index (χ1n) is 11.3. The summed E-state index contributed by atoms with van der Waals surface area (Å²) in [5.74, 6) is 4.43. The molecule has 2 amide bonds. The van der Waals surface area contributed by atoms with Gasteiger partial charge in [0, 0.05) is 23.2 Å². The van der Waals surface area contributed by atoms with Crippen molar-refractivity contribution in [3.05, 3.63) is 114 Å². The van der Waals surface area contributed by atoms with Crippen LogP contribution in [0.4, 0.5) is 0 Å². The fourth-order valence-electron chi connectivity index (χ4n) is 3.51. The molecule has 0 unspecified atom stereocenters. The quantitative estimate of drug-likeness (QED) is 0.172. The van der Waals surface area contributed by atoms with E-state index in [1.54, 1.807) is 30.3 Å². The second-order valence-corrected chi connectivity index (χ2v) is 9.82. The molecule has 37 heavy (non-hydrogen) atoms. The molecule has 0 aromatic heterocycles. The normalized spacial score (nSPS) is 11.7. The number of rotatable bonds is 7. The summed E-state index contributed by atoms with van der Waals surface area (Å²) in [5, 5.41) is 13.2. The average Bonchev–Trinajstić information content (AvgIpc) is 2.94. The van der Waals surface area contributed by atoms with Crippen molar-refractivity contribution in [1.29, 1.82) is 0 Å². The van der Waals surface area contributed by atoms with Gasteiger partial charge in [-0.2, -0.15) is 0 Å². The molecule has 0 spiro atoms. The lowest BCUT2D eigenvalue weighted by molar-refractivity contribution is -0.131. The number of carbonyl (C=O) groups is 2. The first-order chi connectivity index (χ1) is 17.9. The summed E-state index contributed by atoms with van der Waals surface area (Å²) in [6.07, 6.45) is 0. The van der Waals surface area contributed by atoms with Crippen LogP contribution in [-0.2, 0) is 14.8 Å². The first kappa shape index (κ1) is 25.6. The molecule has 0 heterocycles. The van der Waals surface area contributed by atoms with Crippen molar-refractivity contribution in [2.75, 3.05) is 6.54 Å². The van der Waals surface area contributed by atoms with E-state index in [4.69, 9.17) is 5.21 Å². The molecule has 9 heteroatoms. The maximum atomic E-state index is 12.8. The van der Waals surface area contributed by atoms with Crippen LogP contribution in [0.5, 0.6) is 0 Å². The van der Waals surface area contributed by atoms with Crippen molar-refractivity contribution in [2.24, 2.45) is 0 Å². The van der Waals surface area contributed by atoms with E-state index in [-0.39, 0.29) is 10.5 Å². The van der Waals surface area contributed by atoms with Crippen molar-refractivity contribution >= 4 is 32.6 Å². The summed E-state index contributed by atoms with van der Waals surface area (Å²) in [5.41, 5.74) is 3.23. The Balaban J connectivity index is 1.43. The molecule has 1 atom stereocenters. The standard InChI is InChI=1S/C28H23N3O5S/c32-27(23-14-12-21(13-15-23)11-10-20-6-2-1-3-7-20)30-26(28(33)31-34)19-29-37(35,36)25-17-16-22-8-4-5-9-24(22)18-25/h1-9,12-18,26,29,34H,19H2,(H,30,32)(H,31,33)/t26-/m0/s1. The number of carbonyl (C=O) groups excluding carboxylic acids is 2. The Morgan fingerprint density at radius 1 is 0.784 bits per heavy atom. The summed E-state index contributed by atoms with van der Waals surface area (Å²) >= 11 is 0. The van der Waals surface area contributed by atoms with Gasteiger partial charge < -0.3 is 5.32 Å². The van der Waals surface area contributed by atoms with E-state index in [1.807, 2.05) is 42.5 Å². The van der Waals surface area contributed by atoms with Gasteiger partial charge in [0.15, 0.2) is 0 Å². The van der Waals surface area contributed by atoms with Gasteiger partial charge in [0.2, 0.25) is 10.0 Å². The lowest BCUT2D eigenvalue weighted by Gasteiger charge is -2.18. The van der Waals surface area contributed by atoms with Gasteiger partial charge in [-0.05, 0) is 59.3 Å². The molecule has 0 aliphatic heterocycles. The fraction of sp³-hybridized carbons (Fsp3) is 0.0714. The molecular formula is C28H23N3O5S. The zero-order chi connectivity index (χ0) is 26.3. The molecule has 0 aliphatic carbocycles. The fourth-order valence-corrected chi connectivity index (χ4v) is 4.59. The van der Waals surface area contributed by atoms with Crippen LogP contribution in [0.2, 0.25) is 0 Å². The van der Waals surface area contributed by atoms with E-state index in [9.17, 15) is 18.0 Å². The Morgan fingerprint density at radius 2 is 1.41 bits per heavy atom. The highest BCUT2D eigenvalue weighted by molar-refractivity contribution is 7.89. The van der Waals surface area contributed by atoms with Crippen LogP contribution in [0, 0.1) is 11.8 Å². The third kappa shape index (κ3) is 6.59. The van der Waals surface area contributed by atoms with Crippen LogP contribution in [0.3, 0.4) is 0 Å². The van der Waals surface area contributed by atoms with Crippen LogP contribution in [-0.4, -0.2) is 38.0 Å². The molecule has 0 saturated carbocycles. The van der Waals surface area contributed by atoms with Gasteiger partial charge in [0.05, 0.1) is 4.90 Å². The predicted molar refractivity (Wildman–Crippen MR) is 139 cm³/mol. The maximum Gasteiger partial charge on any atom is 0.267 e. The number of hydrogen-bond acceptors (Lipinski definition) is 5. The van der Waals surface area contributed by atoms with Crippen molar-refractivity contribution < 1.29 is 23.2 Å². The van der Waals surface area contributed by atoms with Crippen molar-refractivity contribution in [1.82, 2.24) is 15.5 Å². The smallest absolute Gasteiger partial charge is 0.267 e. The molecule has 0 saturated heterocycles. The lowest BCUT2D eigenvalue weighted by Crippen LogP contribution is -2.52. The Labute approximate surface area is 214 Å². The largest absolute Gasteiger partial charge is 0.339 e. The highest BCUT2D eigenvalue weighted by Crippen LogP contribution is 2.18. The minimum Gasteiger partial charge on any atom is -0.339 e. The maximum absolute atomic E-state index is 12.8. The molecule has 0 aliphatic rings. The SMILES string of the molecule is O=C(N[C@@H](CNS(=O)(=O)c1ccc2ccccc2c1)C(=O)NO)c1ccc(C#Cc2ccccc2)cc1. The Kier molecular flexibility index (Phi) is 7.95. The third-order valence-corrected chi connectivity index (χ3v) is 6.93. The zero-order valence-electron chi connectivity index (χ0n) is 19.5. The number of benzene rings is 4. The van der Waals surface area contributed by atoms with Crippen LogP contribution < -0.4 is 15.5 Å². The van der Waals surface area contributed by atoms with Crippen molar-refractivity contribution in [2.45, 2.75) is 10.9 Å². The summed E-state index contributed by atoms with van der Waals surface area (Å²) in [7, 11) is -4.00. The number of nitrogens with one attached hydrogen (secondary N) is 3. The number of hydrogen-bond donors (Lipinski definition) is 4. The molecule has 0 fully saturated rings. The molecule has 4 N–H and O–H groups in total. The molecule has 4 aromatic rings. The topological polar surface area (TPSA) is 125 Å². The average molecular weight is 514 g/mol. The van der Waals surface area contributed by atoms with Gasteiger partial charge >= 0.3 is 0 Å². The van der Waals surface area contributed by atoms with Crippen LogP contribution in [0.25, 0.3) is 10.8 Å². The summed E-state index contributed by atoms with van der Waals surface area (Å²) < 4.78 is 28.0. The highest BCUT2D eigenvalue weighted by Gasteiger charge is 2.24. The van der Waals surface area contributed by atoms with Crippen molar-refractivity contribution in [3.63, 3.8) is 0 Å². The third-order valence-electron chi connectivity index (χ3n) is 5.51. The molecule has 186 valence electrons. The zero-order valence-corrected chi connectivity index (χ0v) is 20.3. The van der Waals surface area contributed by atoms with Crippen molar-refractivity contribution in [3.8, 4) is 11.8 Å². The van der Waals surface area contributed by atoms with Crippen LogP contribution in [0.15, 0.2) is 102 Å². The minimum atomic E-state index is -4.00. The summed E-state index contributed by atoms with van der Waals surface area (Å²) in [4.78, 5) is 24.9. The van der Waals surface area contributed by atoms with E-state index >= 15 is 0 Å². The van der Waals surface area contributed by atoms with E-state index in [0.29, 0.717) is 5.56 Å². The highest BCUT2D eigenvalue weighted by atomic mass is 32.2. The van der Waals surface area contributed by atoms with Gasteiger partial charge in [0.1, 0.15) is 6.04 Å².